The van der Waals surface area contributed by atoms with Gasteiger partial charge in [-0.3, -0.25) is 9.69 Å². The third-order valence-electron chi connectivity index (χ3n) is 4.81. The van der Waals surface area contributed by atoms with Crippen molar-refractivity contribution in [1.29, 1.82) is 0 Å². The minimum Gasteiger partial charge on any atom is -0.304 e. The SMILES string of the molecule is CCN(CC)CCCN(C(=O)C1CC1)c1nc(-c2ccc(Cl)cc2)cs1. The number of rotatable bonds is 9. The first-order valence-corrected chi connectivity index (χ1v) is 10.6. The highest BCUT2D eigenvalue weighted by atomic mass is 35.5. The first kappa shape index (κ1) is 19.3. The third kappa shape index (κ3) is 4.84. The van der Waals surface area contributed by atoms with Crippen molar-refractivity contribution in [1.82, 2.24) is 9.88 Å². The Hall–Kier alpha value is -1.43. The lowest BCUT2D eigenvalue weighted by molar-refractivity contribution is -0.119. The Kier molecular flexibility index (Phi) is 6.68. The minimum atomic E-state index is 0.200. The molecule has 1 aromatic carbocycles. The molecule has 1 amide bonds. The molecule has 140 valence electrons. The standard InChI is InChI=1S/C20H26ClN3OS/c1-3-23(4-2)12-5-13-24(19(25)16-6-7-16)20-22-18(14-26-20)15-8-10-17(21)11-9-15/h8-11,14,16H,3-7,12-13H2,1-2H3. The normalized spacial score (nSPS) is 14.0. The van der Waals surface area contributed by atoms with Gasteiger partial charge in [0.05, 0.1) is 5.69 Å². The van der Waals surface area contributed by atoms with Crippen molar-refractivity contribution >= 4 is 34.0 Å². The molecule has 0 aliphatic heterocycles. The lowest BCUT2D eigenvalue weighted by Crippen LogP contribution is -2.35. The molecule has 3 rings (SSSR count). The average molecular weight is 392 g/mol. The molecule has 1 aliphatic carbocycles. The van der Waals surface area contributed by atoms with Gasteiger partial charge in [-0.15, -0.1) is 11.3 Å². The van der Waals surface area contributed by atoms with E-state index in [4.69, 9.17) is 16.6 Å². The van der Waals surface area contributed by atoms with Crippen LogP contribution in [0.4, 0.5) is 5.13 Å². The van der Waals surface area contributed by atoms with E-state index in [0.29, 0.717) is 5.02 Å². The zero-order valence-electron chi connectivity index (χ0n) is 15.4. The van der Waals surface area contributed by atoms with Crippen LogP contribution in [-0.4, -0.2) is 42.0 Å². The summed E-state index contributed by atoms with van der Waals surface area (Å²) in [4.78, 5) is 21.8. The molecule has 1 saturated carbocycles. The number of thiazole rings is 1. The van der Waals surface area contributed by atoms with E-state index < -0.39 is 0 Å². The molecule has 1 fully saturated rings. The number of hydrogen-bond acceptors (Lipinski definition) is 4. The summed E-state index contributed by atoms with van der Waals surface area (Å²) in [7, 11) is 0. The highest BCUT2D eigenvalue weighted by Gasteiger charge is 2.35. The number of halogens is 1. The van der Waals surface area contributed by atoms with Gasteiger partial charge >= 0.3 is 0 Å². The van der Waals surface area contributed by atoms with Crippen molar-refractivity contribution < 1.29 is 4.79 Å². The summed E-state index contributed by atoms with van der Waals surface area (Å²) in [5, 5.41) is 3.55. The van der Waals surface area contributed by atoms with Crippen LogP contribution >= 0.6 is 22.9 Å². The minimum absolute atomic E-state index is 0.200. The largest absolute Gasteiger partial charge is 0.304 e. The fourth-order valence-corrected chi connectivity index (χ4v) is 3.98. The van der Waals surface area contributed by atoms with Crippen LogP contribution in [0.1, 0.15) is 33.1 Å². The summed E-state index contributed by atoms with van der Waals surface area (Å²) in [5.74, 6) is 0.438. The summed E-state index contributed by atoms with van der Waals surface area (Å²) in [6.45, 7) is 8.19. The van der Waals surface area contributed by atoms with E-state index in [1.54, 1.807) is 11.3 Å². The second-order valence-corrected chi connectivity index (χ2v) is 7.94. The maximum atomic E-state index is 12.8. The first-order chi connectivity index (χ1) is 12.6. The molecule has 2 aromatic rings. The van der Waals surface area contributed by atoms with Gasteiger partial charge in [0.15, 0.2) is 5.13 Å². The molecule has 0 radical (unpaired) electrons. The fourth-order valence-electron chi connectivity index (χ4n) is 2.98. The Bertz CT molecular complexity index is 723. The van der Waals surface area contributed by atoms with E-state index in [1.807, 2.05) is 34.5 Å². The number of carbonyl (C=O) groups is 1. The average Bonchev–Trinajstić information content (AvgIpc) is 3.40. The van der Waals surface area contributed by atoms with E-state index in [-0.39, 0.29) is 11.8 Å². The molecule has 1 heterocycles. The lowest BCUT2D eigenvalue weighted by atomic mass is 10.2. The van der Waals surface area contributed by atoms with Crippen LogP contribution in [0.2, 0.25) is 5.02 Å². The zero-order chi connectivity index (χ0) is 18.5. The first-order valence-electron chi connectivity index (χ1n) is 9.37. The van der Waals surface area contributed by atoms with Gasteiger partial charge in [-0.05, 0) is 51.0 Å². The number of amides is 1. The second kappa shape index (κ2) is 8.98. The van der Waals surface area contributed by atoms with Crippen LogP contribution in [0.5, 0.6) is 0 Å². The molecule has 26 heavy (non-hydrogen) atoms. The highest BCUT2D eigenvalue weighted by molar-refractivity contribution is 7.14. The Morgan fingerprint density at radius 3 is 2.50 bits per heavy atom. The Labute approximate surface area is 164 Å². The third-order valence-corrected chi connectivity index (χ3v) is 5.92. The predicted molar refractivity (Wildman–Crippen MR) is 110 cm³/mol. The lowest BCUT2D eigenvalue weighted by Gasteiger charge is -2.23. The summed E-state index contributed by atoms with van der Waals surface area (Å²) in [5.41, 5.74) is 1.93. The molecule has 0 atom stereocenters. The van der Waals surface area contributed by atoms with E-state index in [9.17, 15) is 4.79 Å². The molecule has 4 nitrogen and oxygen atoms in total. The van der Waals surface area contributed by atoms with Crippen molar-refractivity contribution in [2.45, 2.75) is 33.1 Å². The Morgan fingerprint density at radius 1 is 1.19 bits per heavy atom. The van der Waals surface area contributed by atoms with Gasteiger partial charge in [0.1, 0.15) is 0 Å². The Balaban J connectivity index is 1.72. The number of hydrogen-bond donors (Lipinski definition) is 0. The maximum Gasteiger partial charge on any atom is 0.231 e. The van der Waals surface area contributed by atoms with Crippen molar-refractivity contribution in [2.75, 3.05) is 31.1 Å². The number of aromatic nitrogens is 1. The van der Waals surface area contributed by atoms with Crippen LogP contribution < -0.4 is 4.90 Å². The monoisotopic (exact) mass is 391 g/mol. The summed E-state index contributed by atoms with van der Waals surface area (Å²) in [6, 6.07) is 7.67. The number of carbonyl (C=O) groups excluding carboxylic acids is 1. The van der Waals surface area contributed by atoms with Crippen LogP contribution in [0.15, 0.2) is 29.6 Å². The van der Waals surface area contributed by atoms with E-state index in [1.165, 1.54) is 0 Å². The van der Waals surface area contributed by atoms with Gasteiger partial charge in [-0.25, -0.2) is 4.98 Å². The van der Waals surface area contributed by atoms with Gasteiger partial charge in [-0.2, -0.15) is 0 Å². The highest BCUT2D eigenvalue weighted by Crippen LogP contribution is 2.35. The molecule has 0 spiro atoms. The van der Waals surface area contributed by atoms with Gasteiger partial charge in [0.25, 0.3) is 0 Å². The van der Waals surface area contributed by atoms with Crippen molar-refractivity contribution in [3.05, 3.63) is 34.7 Å². The number of benzene rings is 1. The van der Waals surface area contributed by atoms with Gasteiger partial charge in [-0.1, -0.05) is 37.6 Å². The van der Waals surface area contributed by atoms with Crippen molar-refractivity contribution in [3.63, 3.8) is 0 Å². The van der Waals surface area contributed by atoms with Crippen LogP contribution in [0.3, 0.4) is 0 Å². The number of anilines is 1. The summed E-state index contributed by atoms with van der Waals surface area (Å²) in [6.07, 6.45) is 3.00. The summed E-state index contributed by atoms with van der Waals surface area (Å²) < 4.78 is 0. The molecular formula is C20H26ClN3OS. The molecule has 0 saturated heterocycles. The zero-order valence-corrected chi connectivity index (χ0v) is 17.0. The van der Waals surface area contributed by atoms with E-state index in [0.717, 1.165) is 61.8 Å². The van der Waals surface area contributed by atoms with E-state index in [2.05, 4.69) is 18.7 Å². The molecule has 0 bridgehead atoms. The topological polar surface area (TPSA) is 36.4 Å². The quantitative estimate of drug-likeness (QED) is 0.607. The Morgan fingerprint density at radius 2 is 1.88 bits per heavy atom. The van der Waals surface area contributed by atoms with Gasteiger partial charge in [0.2, 0.25) is 5.91 Å². The van der Waals surface area contributed by atoms with Crippen molar-refractivity contribution in [3.8, 4) is 11.3 Å². The van der Waals surface area contributed by atoms with E-state index >= 15 is 0 Å². The maximum absolute atomic E-state index is 12.8. The van der Waals surface area contributed by atoms with Crippen LogP contribution in [0.25, 0.3) is 11.3 Å². The fraction of sp³-hybridized carbons (Fsp3) is 0.500. The van der Waals surface area contributed by atoms with Crippen molar-refractivity contribution in [2.24, 2.45) is 5.92 Å². The molecule has 1 aliphatic rings. The molecular weight excluding hydrogens is 366 g/mol. The predicted octanol–water partition coefficient (Wildman–Crippen LogP) is 4.94. The second-order valence-electron chi connectivity index (χ2n) is 6.67. The van der Waals surface area contributed by atoms with Crippen LogP contribution in [0, 0.1) is 5.92 Å². The smallest absolute Gasteiger partial charge is 0.231 e. The van der Waals surface area contributed by atoms with Gasteiger partial charge < -0.3 is 4.90 Å². The molecule has 1 aromatic heterocycles. The van der Waals surface area contributed by atoms with Gasteiger partial charge in [0, 0.05) is 28.4 Å². The van der Waals surface area contributed by atoms with Crippen LogP contribution in [-0.2, 0) is 4.79 Å². The number of nitrogens with zero attached hydrogens (tertiary/aromatic N) is 3. The molecule has 0 unspecified atom stereocenters. The molecule has 6 heteroatoms. The molecule has 0 N–H and O–H groups in total. The summed E-state index contributed by atoms with van der Waals surface area (Å²) >= 11 is 7.52.